The molecule has 1 amide bonds. The maximum atomic E-state index is 11.4. The molecule has 1 heterocycles. The Kier molecular flexibility index (Phi) is 2.67. The summed E-state index contributed by atoms with van der Waals surface area (Å²) in [6.45, 7) is 7.09. The molecule has 0 saturated carbocycles. The van der Waals surface area contributed by atoms with Gasteiger partial charge in [-0.15, -0.1) is 0 Å². The number of Topliss-reactive ketones (excluding diaryl/α,β-unsaturated/α-hetero) is 1. The SMILES string of the molecule is CC(=O)C1C(=O)NC(C(C)(C)C)C1O. The van der Waals surface area contributed by atoms with E-state index in [0.29, 0.717) is 0 Å². The van der Waals surface area contributed by atoms with Crippen molar-refractivity contribution in [1.82, 2.24) is 5.32 Å². The van der Waals surface area contributed by atoms with Gasteiger partial charge in [0, 0.05) is 0 Å². The van der Waals surface area contributed by atoms with Gasteiger partial charge < -0.3 is 10.4 Å². The van der Waals surface area contributed by atoms with Crippen molar-refractivity contribution in [3.63, 3.8) is 0 Å². The summed E-state index contributed by atoms with van der Waals surface area (Å²) in [5.41, 5.74) is -0.237. The second-order valence-electron chi connectivity index (χ2n) is 4.93. The Hall–Kier alpha value is -0.900. The van der Waals surface area contributed by atoms with Gasteiger partial charge in [0.2, 0.25) is 5.91 Å². The summed E-state index contributed by atoms with van der Waals surface area (Å²) < 4.78 is 0. The molecule has 0 aliphatic carbocycles. The molecule has 0 aromatic carbocycles. The van der Waals surface area contributed by atoms with Crippen LogP contribution in [0.3, 0.4) is 0 Å². The molecular weight excluding hydrogens is 182 g/mol. The zero-order chi connectivity index (χ0) is 11.1. The summed E-state index contributed by atoms with van der Waals surface area (Å²) in [6, 6.07) is -0.344. The highest BCUT2D eigenvalue weighted by molar-refractivity contribution is 6.02. The van der Waals surface area contributed by atoms with Crippen LogP contribution in [0.25, 0.3) is 0 Å². The first-order valence-electron chi connectivity index (χ1n) is 4.74. The van der Waals surface area contributed by atoms with E-state index in [-0.39, 0.29) is 23.1 Å². The van der Waals surface area contributed by atoms with Crippen LogP contribution >= 0.6 is 0 Å². The van der Waals surface area contributed by atoms with E-state index in [0.717, 1.165) is 0 Å². The normalized spacial score (nSPS) is 32.9. The summed E-state index contributed by atoms with van der Waals surface area (Å²) in [6.07, 6.45) is -0.903. The van der Waals surface area contributed by atoms with Gasteiger partial charge in [0.25, 0.3) is 0 Å². The van der Waals surface area contributed by atoms with E-state index < -0.39 is 12.0 Å². The summed E-state index contributed by atoms with van der Waals surface area (Å²) in [5, 5.41) is 12.5. The number of ketones is 1. The number of rotatable bonds is 1. The van der Waals surface area contributed by atoms with Crippen LogP contribution in [0, 0.1) is 11.3 Å². The third-order valence-corrected chi connectivity index (χ3v) is 2.63. The van der Waals surface area contributed by atoms with Crippen molar-refractivity contribution in [3.05, 3.63) is 0 Å². The third-order valence-electron chi connectivity index (χ3n) is 2.63. The minimum atomic E-state index is -0.903. The fourth-order valence-corrected chi connectivity index (χ4v) is 1.83. The van der Waals surface area contributed by atoms with Crippen LogP contribution in [0.1, 0.15) is 27.7 Å². The van der Waals surface area contributed by atoms with Crippen LogP contribution in [0.5, 0.6) is 0 Å². The number of amides is 1. The second-order valence-corrected chi connectivity index (χ2v) is 4.93. The number of aliphatic hydroxyl groups excluding tert-OH is 1. The van der Waals surface area contributed by atoms with Crippen molar-refractivity contribution < 1.29 is 14.7 Å². The van der Waals surface area contributed by atoms with Crippen LogP contribution in [-0.2, 0) is 9.59 Å². The first-order valence-corrected chi connectivity index (χ1v) is 4.74. The Morgan fingerprint density at radius 2 is 1.93 bits per heavy atom. The molecule has 1 aliphatic heterocycles. The first kappa shape index (κ1) is 11.2. The fraction of sp³-hybridized carbons (Fsp3) is 0.800. The lowest BCUT2D eigenvalue weighted by Crippen LogP contribution is -2.43. The van der Waals surface area contributed by atoms with E-state index in [1.54, 1.807) is 0 Å². The van der Waals surface area contributed by atoms with E-state index in [1.165, 1.54) is 6.92 Å². The largest absolute Gasteiger partial charge is 0.390 e. The molecule has 4 nitrogen and oxygen atoms in total. The van der Waals surface area contributed by atoms with Crippen molar-refractivity contribution in [2.45, 2.75) is 39.8 Å². The number of nitrogens with one attached hydrogen (secondary N) is 1. The lowest BCUT2D eigenvalue weighted by molar-refractivity contribution is -0.132. The molecule has 4 heteroatoms. The molecule has 0 aromatic rings. The lowest BCUT2D eigenvalue weighted by atomic mass is 9.82. The van der Waals surface area contributed by atoms with Gasteiger partial charge in [-0.25, -0.2) is 0 Å². The Bertz CT molecular complexity index is 267. The molecule has 0 aromatic heterocycles. The van der Waals surface area contributed by atoms with E-state index in [4.69, 9.17) is 0 Å². The fourth-order valence-electron chi connectivity index (χ4n) is 1.83. The quantitative estimate of drug-likeness (QED) is 0.588. The minimum absolute atomic E-state index is 0.237. The summed E-state index contributed by atoms with van der Waals surface area (Å²) in [5.74, 6) is -1.52. The molecule has 80 valence electrons. The molecule has 0 bridgehead atoms. The van der Waals surface area contributed by atoms with E-state index in [9.17, 15) is 14.7 Å². The molecule has 3 atom stereocenters. The summed E-state index contributed by atoms with van der Waals surface area (Å²) in [7, 11) is 0. The maximum absolute atomic E-state index is 11.4. The van der Waals surface area contributed by atoms with Gasteiger partial charge in [-0.1, -0.05) is 20.8 Å². The lowest BCUT2D eigenvalue weighted by Gasteiger charge is -2.29. The molecule has 1 rings (SSSR count). The molecule has 14 heavy (non-hydrogen) atoms. The summed E-state index contributed by atoms with van der Waals surface area (Å²) >= 11 is 0. The Balaban J connectivity index is 2.90. The number of carbonyl (C=O) groups is 2. The van der Waals surface area contributed by atoms with Gasteiger partial charge in [0.05, 0.1) is 12.1 Å². The zero-order valence-electron chi connectivity index (χ0n) is 9.00. The Morgan fingerprint density at radius 1 is 1.43 bits per heavy atom. The van der Waals surface area contributed by atoms with Gasteiger partial charge in [-0.3, -0.25) is 9.59 Å². The third kappa shape index (κ3) is 1.80. The van der Waals surface area contributed by atoms with Crippen LogP contribution in [0.2, 0.25) is 0 Å². The van der Waals surface area contributed by atoms with Crippen LogP contribution in [0.15, 0.2) is 0 Å². The smallest absolute Gasteiger partial charge is 0.233 e. The van der Waals surface area contributed by atoms with Crippen molar-refractivity contribution in [2.75, 3.05) is 0 Å². The van der Waals surface area contributed by atoms with E-state index in [2.05, 4.69) is 5.32 Å². The van der Waals surface area contributed by atoms with Gasteiger partial charge in [0.15, 0.2) is 0 Å². The second kappa shape index (κ2) is 3.35. The standard InChI is InChI=1S/C10H17NO3/c1-5(12)6-7(13)8(10(2,3)4)11-9(6)14/h6-8,13H,1-4H3,(H,11,14). The topological polar surface area (TPSA) is 66.4 Å². The van der Waals surface area contributed by atoms with Crippen molar-refractivity contribution >= 4 is 11.7 Å². The van der Waals surface area contributed by atoms with Crippen molar-refractivity contribution in [1.29, 1.82) is 0 Å². The van der Waals surface area contributed by atoms with Crippen molar-refractivity contribution in [3.8, 4) is 0 Å². The Labute approximate surface area is 83.7 Å². The van der Waals surface area contributed by atoms with Gasteiger partial charge in [0.1, 0.15) is 11.7 Å². The first-order chi connectivity index (χ1) is 6.25. The molecular formula is C10H17NO3. The molecule has 1 aliphatic rings. The predicted octanol–water partition coefficient (Wildman–Crippen LogP) is 0.0970. The van der Waals surface area contributed by atoms with Crippen molar-refractivity contribution in [2.24, 2.45) is 11.3 Å². The van der Waals surface area contributed by atoms with Crippen LogP contribution < -0.4 is 5.32 Å². The van der Waals surface area contributed by atoms with Crippen LogP contribution in [0.4, 0.5) is 0 Å². The number of hydrogen-bond donors (Lipinski definition) is 2. The van der Waals surface area contributed by atoms with Gasteiger partial charge in [-0.05, 0) is 12.3 Å². The van der Waals surface area contributed by atoms with Crippen LogP contribution in [-0.4, -0.2) is 28.9 Å². The maximum Gasteiger partial charge on any atom is 0.233 e. The molecule has 3 unspecified atom stereocenters. The van der Waals surface area contributed by atoms with Gasteiger partial charge in [-0.2, -0.15) is 0 Å². The summed E-state index contributed by atoms with van der Waals surface area (Å²) in [4.78, 5) is 22.5. The zero-order valence-corrected chi connectivity index (χ0v) is 9.00. The highest BCUT2D eigenvalue weighted by Gasteiger charge is 2.48. The van der Waals surface area contributed by atoms with E-state index >= 15 is 0 Å². The molecule has 0 radical (unpaired) electrons. The number of aliphatic hydroxyl groups is 1. The number of carbonyl (C=O) groups excluding carboxylic acids is 2. The average molecular weight is 199 g/mol. The molecule has 0 spiro atoms. The molecule has 2 N–H and O–H groups in total. The highest BCUT2D eigenvalue weighted by atomic mass is 16.3. The average Bonchev–Trinajstić information content (AvgIpc) is 2.24. The predicted molar refractivity (Wildman–Crippen MR) is 51.6 cm³/mol. The Morgan fingerprint density at radius 3 is 2.14 bits per heavy atom. The van der Waals surface area contributed by atoms with E-state index in [1.807, 2.05) is 20.8 Å². The molecule has 1 fully saturated rings. The van der Waals surface area contributed by atoms with Gasteiger partial charge >= 0.3 is 0 Å². The highest BCUT2D eigenvalue weighted by Crippen LogP contribution is 2.30. The molecule has 1 saturated heterocycles. The monoisotopic (exact) mass is 199 g/mol. The minimum Gasteiger partial charge on any atom is -0.390 e. The number of hydrogen-bond acceptors (Lipinski definition) is 3.